The highest BCUT2D eigenvalue weighted by Gasteiger charge is 2.77. The molecule has 13 nitrogen and oxygen atoms in total. The molecule has 2 bridgehead atoms. The molecular weight excluding hydrogens is 580 g/mol. The molecule has 7 rings (SSSR count). The van der Waals surface area contributed by atoms with Crippen LogP contribution in [0.4, 0.5) is 0 Å². The van der Waals surface area contributed by atoms with Gasteiger partial charge in [0, 0.05) is 35.6 Å². The van der Waals surface area contributed by atoms with Gasteiger partial charge in [0.1, 0.15) is 23.7 Å². The van der Waals surface area contributed by atoms with E-state index in [4.69, 9.17) is 37.9 Å². The Balaban J connectivity index is 1.73. The van der Waals surface area contributed by atoms with E-state index in [0.717, 1.165) is 20.3 Å². The van der Waals surface area contributed by atoms with Crippen LogP contribution in [0.1, 0.15) is 48.4 Å². The lowest BCUT2D eigenvalue weighted by molar-refractivity contribution is -0.337. The number of fused-ring (bicyclic) bond motifs is 5. The molecule has 13 heteroatoms. The van der Waals surface area contributed by atoms with E-state index in [9.17, 15) is 24.3 Å². The van der Waals surface area contributed by atoms with Crippen LogP contribution in [0.5, 0.6) is 17.2 Å². The highest BCUT2D eigenvalue weighted by Crippen LogP contribution is 2.67. The molecule has 5 aliphatic rings. The van der Waals surface area contributed by atoms with Gasteiger partial charge in [0.15, 0.2) is 17.6 Å². The van der Waals surface area contributed by atoms with Crippen molar-refractivity contribution in [2.75, 3.05) is 27.6 Å². The van der Waals surface area contributed by atoms with E-state index in [2.05, 4.69) is 0 Å². The first kappa shape index (κ1) is 29.5. The fourth-order valence-corrected chi connectivity index (χ4v) is 6.68. The summed E-state index contributed by atoms with van der Waals surface area (Å²) < 4.78 is 46.0. The third-order valence-electron chi connectivity index (χ3n) is 8.88. The van der Waals surface area contributed by atoms with Gasteiger partial charge < -0.3 is 43.0 Å². The van der Waals surface area contributed by atoms with E-state index in [1.807, 2.05) is 0 Å². The summed E-state index contributed by atoms with van der Waals surface area (Å²) in [5.74, 6) is -6.88. The fourth-order valence-electron chi connectivity index (χ4n) is 6.68. The molecule has 4 heterocycles. The van der Waals surface area contributed by atoms with E-state index in [1.54, 1.807) is 31.2 Å². The van der Waals surface area contributed by atoms with Crippen LogP contribution in [0, 0.1) is 5.92 Å². The third-order valence-corrected chi connectivity index (χ3v) is 8.88. The molecule has 1 aliphatic carbocycles. The molecule has 0 aromatic heterocycles. The Bertz CT molecular complexity index is 1600. The van der Waals surface area contributed by atoms with Crippen molar-refractivity contribution in [1.82, 2.24) is 0 Å². The maximum absolute atomic E-state index is 13.7. The number of hydrogen-bond donors (Lipinski definition) is 1. The summed E-state index contributed by atoms with van der Waals surface area (Å²) in [4.78, 5) is 52.9. The number of benzene rings is 2. The molecule has 1 fully saturated rings. The van der Waals surface area contributed by atoms with Crippen LogP contribution in [-0.2, 0) is 43.5 Å². The second-order valence-corrected chi connectivity index (χ2v) is 11.1. The van der Waals surface area contributed by atoms with E-state index in [1.165, 1.54) is 26.0 Å². The summed E-state index contributed by atoms with van der Waals surface area (Å²) in [6.45, 7) is 3.67. The summed E-state index contributed by atoms with van der Waals surface area (Å²) in [5.41, 5.74) is -3.45. The molecule has 6 atom stereocenters. The molecule has 0 radical (unpaired) electrons. The van der Waals surface area contributed by atoms with Crippen molar-refractivity contribution >= 4 is 23.9 Å². The van der Waals surface area contributed by atoms with E-state index in [-0.39, 0.29) is 40.7 Å². The molecule has 4 aliphatic heterocycles. The molecule has 1 saturated heterocycles. The van der Waals surface area contributed by atoms with Crippen LogP contribution in [0.25, 0.3) is 0 Å². The van der Waals surface area contributed by atoms with Crippen molar-refractivity contribution < 1.29 is 62.2 Å². The number of rotatable bonds is 5. The average Bonchev–Trinajstić information content (AvgIpc) is 3.65. The zero-order valence-electron chi connectivity index (χ0n) is 24.5. The van der Waals surface area contributed by atoms with Crippen molar-refractivity contribution in [3.8, 4) is 17.2 Å². The summed E-state index contributed by atoms with van der Waals surface area (Å²) in [5, 5.41) is 12.5. The van der Waals surface area contributed by atoms with Crippen molar-refractivity contribution in [2.45, 2.75) is 49.8 Å². The standard InChI is InChI=1S/C31H30O13/c1-15-23(42-16(2)32)18-11-20-24(41-14-40-20)25-22(18)30(13-39-25)19(12-21(33)37-4)26(43-27(34)17-9-7-6-8-10-17)29(15,3)44-31(30,36)28(35)38-5/h6-12,15,23,26,36H,13-14H2,1-5H3/t15-,23+,26-,29-,30-,31-/m0/s1. The van der Waals surface area contributed by atoms with Crippen LogP contribution in [0.2, 0.25) is 0 Å². The zero-order chi connectivity index (χ0) is 31.6. The lowest BCUT2D eigenvalue weighted by atomic mass is 9.56. The molecule has 44 heavy (non-hydrogen) atoms. The van der Waals surface area contributed by atoms with Gasteiger partial charge in [0.2, 0.25) is 12.5 Å². The maximum atomic E-state index is 13.7. The predicted molar refractivity (Wildman–Crippen MR) is 146 cm³/mol. The van der Waals surface area contributed by atoms with Crippen molar-refractivity contribution in [3.63, 3.8) is 0 Å². The Morgan fingerprint density at radius 1 is 1.00 bits per heavy atom. The van der Waals surface area contributed by atoms with Gasteiger partial charge in [0.25, 0.3) is 5.79 Å². The van der Waals surface area contributed by atoms with E-state index >= 15 is 0 Å². The molecule has 232 valence electrons. The van der Waals surface area contributed by atoms with Crippen LogP contribution in [0.3, 0.4) is 0 Å². The van der Waals surface area contributed by atoms with Gasteiger partial charge in [-0.2, -0.15) is 0 Å². The molecule has 0 saturated carbocycles. The van der Waals surface area contributed by atoms with E-state index < -0.39 is 65.4 Å². The van der Waals surface area contributed by atoms with Gasteiger partial charge in [-0.05, 0) is 25.1 Å². The third kappa shape index (κ3) is 3.92. The van der Waals surface area contributed by atoms with Crippen molar-refractivity contribution in [3.05, 3.63) is 64.7 Å². The normalized spacial score (nSPS) is 31.7. The lowest BCUT2D eigenvalue weighted by Gasteiger charge is -2.59. The highest BCUT2D eigenvalue weighted by atomic mass is 16.7. The average molecular weight is 611 g/mol. The molecule has 1 N–H and O–H groups in total. The lowest BCUT2D eigenvalue weighted by Crippen LogP contribution is -2.75. The minimum atomic E-state index is -2.87. The molecule has 0 unspecified atom stereocenters. The van der Waals surface area contributed by atoms with Crippen molar-refractivity contribution in [1.29, 1.82) is 0 Å². The smallest absolute Gasteiger partial charge is 0.367 e. The van der Waals surface area contributed by atoms with Crippen LogP contribution >= 0.6 is 0 Å². The molecular formula is C31H30O13. The van der Waals surface area contributed by atoms with Gasteiger partial charge in [-0.3, -0.25) is 4.79 Å². The van der Waals surface area contributed by atoms with Gasteiger partial charge in [-0.15, -0.1) is 0 Å². The van der Waals surface area contributed by atoms with Gasteiger partial charge in [-0.1, -0.05) is 25.1 Å². The number of aliphatic hydroxyl groups is 1. The van der Waals surface area contributed by atoms with Gasteiger partial charge in [0.05, 0.1) is 19.8 Å². The summed E-state index contributed by atoms with van der Waals surface area (Å²) in [6, 6.07) is 9.67. The quantitative estimate of drug-likeness (QED) is 0.298. The Kier molecular flexibility index (Phi) is 6.85. The summed E-state index contributed by atoms with van der Waals surface area (Å²) >= 11 is 0. The molecule has 2 aromatic rings. The minimum Gasteiger partial charge on any atom is -0.488 e. The van der Waals surface area contributed by atoms with Gasteiger partial charge >= 0.3 is 23.9 Å². The summed E-state index contributed by atoms with van der Waals surface area (Å²) in [7, 11) is 2.21. The van der Waals surface area contributed by atoms with E-state index in [0.29, 0.717) is 5.56 Å². The van der Waals surface area contributed by atoms with Crippen LogP contribution in [0.15, 0.2) is 48.0 Å². The predicted octanol–water partition coefficient (Wildman–Crippen LogP) is 2.27. The SMILES string of the molecule is COC(=O)C=C1[C@H](OC(=O)c2ccccc2)[C@@]2(C)O[C@@](O)(C(=O)OC)[C@@]13COc1c4c(cc(c13)[C@H](OC(C)=O)[C@@H]2C)OCO4. The van der Waals surface area contributed by atoms with Crippen molar-refractivity contribution in [2.24, 2.45) is 5.92 Å². The molecule has 2 aromatic carbocycles. The number of methoxy groups -OCH3 is 2. The summed E-state index contributed by atoms with van der Waals surface area (Å²) in [6.07, 6.45) is -1.54. The first-order valence-corrected chi connectivity index (χ1v) is 13.8. The Morgan fingerprint density at radius 3 is 2.39 bits per heavy atom. The molecule has 1 spiro atoms. The first-order valence-electron chi connectivity index (χ1n) is 13.8. The maximum Gasteiger partial charge on any atom is 0.367 e. The first-order chi connectivity index (χ1) is 20.9. The van der Waals surface area contributed by atoms with Crippen LogP contribution in [-0.4, -0.2) is 74.1 Å². The number of carbonyl (C=O) groups excluding carboxylic acids is 4. The Labute approximate surface area is 251 Å². The number of ether oxygens (including phenoxy) is 8. The Hall–Kier alpha value is -4.62. The van der Waals surface area contributed by atoms with Crippen LogP contribution < -0.4 is 14.2 Å². The minimum absolute atomic E-state index is 0.0553. The second-order valence-electron chi connectivity index (χ2n) is 11.1. The number of hydrogen-bond acceptors (Lipinski definition) is 13. The second kappa shape index (κ2) is 10.2. The van der Waals surface area contributed by atoms with Gasteiger partial charge in [-0.25, -0.2) is 14.4 Å². The molecule has 0 amide bonds. The monoisotopic (exact) mass is 610 g/mol. The fraction of sp³-hybridized carbons (Fsp3) is 0.419. The largest absolute Gasteiger partial charge is 0.488 e. The Morgan fingerprint density at radius 2 is 1.73 bits per heavy atom. The number of carbonyl (C=O) groups is 4. The highest BCUT2D eigenvalue weighted by molar-refractivity contribution is 5.91. The number of esters is 4. The topological polar surface area (TPSA) is 162 Å². The zero-order valence-corrected chi connectivity index (χ0v) is 24.5.